The monoisotopic (exact) mass is 294 g/mol. The Labute approximate surface area is 125 Å². The first-order valence-electron chi connectivity index (χ1n) is 6.96. The quantitative estimate of drug-likeness (QED) is 0.669. The Balaban J connectivity index is 2.03. The number of nitrogens with two attached hydrogens (primary N) is 1. The Bertz CT molecular complexity index is 542. The molecule has 2 N–H and O–H groups in total. The molecule has 20 heavy (non-hydrogen) atoms. The van der Waals surface area contributed by atoms with Crippen LogP contribution < -0.4 is 11.2 Å². The normalized spacial score (nSPS) is 25.8. The Morgan fingerprint density at radius 3 is 2.25 bits per heavy atom. The average molecular weight is 295 g/mol. The van der Waals surface area contributed by atoms with E-state index in [9.17, 15) is 0 Å². The van der Waals surface area contributed by atoms with E-state index in [-0.39, 0.29) is 16.7 Å². The van der Waals surface area contributed by atoms with Crippen LogP contribution in [0.3, 0.4) is 0 Å². The molecule has 1 aromatic heterocycles. The molecule has 4 nitrogen and oxygen atoms in total. The lowest BCUT2D eigenvalue weighted by Crippen LogP contribution is -2.41. The number of hydrogen-bond donors (Lipinski definition) is 1. The molecule has 1 saturated heterocycles. The van der Waals surface area contributed by atoms with Crippen LogP contribution in [0.1, 0.15) is 46.1 Å². The average Bonchev–Trinajstić information content (AvgIpc) is 3.00. The van der Waals surface area contributed by atoms with Crippen LogP contribution in [0.25, 0.3) is 0 Å². The maximum Gasteiger partial charge on any atom is 0.495 e. The van der Waals surface area contributed by atoms with Crippen molar-refractivity contribution in [3.63, 3.8) is 0 Å². The van der Waals surface area contributed by atoms with Gasteiger partial charge in [0.25, 0.3) is 0 Å². The van der Waals surface area contributed by atoms with Gasteiger partial charge in [-0.15, -0.1) is 0 Å². The van der Waals surface area contributed by atoms with Gasteiger partial charge in [0, 0.05) is 17.3 Å². The summed E-state index contributed by atoms with van der Waals surface area (Å²) in [6.45, 7) is 8.13. The molecular weight excluding hydrogens is 274 g/mol. The van der Waals surface area contributed by atoms with Gasteiger partial charge in [-0.25, -0.2) is 4.98 Å². The fourth-order valence-corrected chi connectivity index (χ4v) is 2.85. The molecule has 1 aliphatic carbocycles. The van der Waals surface area contributed by atoms with Crippen molar-refractivity contribution >= 4 is 24.2 Å². The molecule has 1 aliphatic heterocycles. The fourth-order valence-electron chi connectivity index (χ4n) is 2.49. The van der Waals surface area contributed by atoms with Gasteiger partial charge >= 0.3 is 7.12 Å². The van der Waals surface area contributed by atoms with Gasteiger partial charge in [-0.2, -0.15) is 0 Å². The minimum atomic E-state index is -0.448. The van der Waals surface area contributed by atoms with Crippen molar-refractivity contribution in [1.29, 1.82) is 0 Å². The van der Waals surface area contributed by atoms with Gasteiger partial charge in [0.2, 0.25) is 0 Å². The predicted molar refractivity (Wildman–Crippen MR) is 80.1 cm³/mol. The summed E-state index contributed by atoms with van der Waals surface area (Å²) in [7, 11) is -0.448. The molecule has 1 aromatic rings. The molecule has 0 bridgehead atoms. The molecule has 3 rings (SSSR count). The lowest BCUT2D eigenvalue weighted by molar-refractivity contribution is 0.00578. The van der Waals surface area contributed by atoms with Gasteiger partial charge in [-0.1, -0.05) is 11.6 Å². The van der Waals surface area contributed by atoms with Crippen molar-refractivity contribution in [3.8, 4) is 0 Å². The molecule has 6 heteroatoms. The summed E-state index contributed by atoms with van der Waals surface area (Å²) >= 11 is 6.27. The van der Waals surface area contributed by atoms with E-state index in [1.165, 1.54) is 0 Å². The maximum atomic E-state index is 6.34. The third-order valence-electron chi connectivity index (χ3n) is 4.73. The zero-order chi connectivity index (χ0) is 14.8. The van der Waals surface area contributed by atoms with E-state index >= 15 is 0 Å². The van der Waals surface area contributed by atoms with Crippen LogP contribution >= 0.6 is 11.6 Å². The topological polar surface area (TPSA) is 57.4 Å². The Kier molecular flexibility index (Phi) is 3.01. The highest BCUT2D eigenvalue weighted by Gasteiger charge is 2.54. The summed E-state index contributed by atoms with van der Waals surface area (Å²) in [6.07, 6.45) is 3.52. The van der Waals surface area contributed by atoms with E-state index in [2.05, 4.69) is 4.98 Å². The van der Waals surface area contributed by atoms with Crippen LogP contribution in [0.15, 0.2) is 12.3 Å². The minimum absolute atomic E-state index is 0.371. The predicted octanol–water partition coefficient (Wildman–Crippen LogP) is 1.98. The third kappa shape index (κ3) is 2.08. The summed E-state index contributed by atoms with van der Waals surface area (Å²) in [4.78, 5) is 4.16. The van der Waals surface area contributed by atoms with Crippen LogP contribution in [0, 0.1) is 0 Å². The third-order valence-corrected chi connectivity index (χ3v) is 5.02. The molecule has 1 saturated carbocycles. The van der Waals surface area contributed by atoms with Crippen LogP contribution in [0.5, 0.6) is 0 Å². The van der Waals surface area contributed by atoms with E-state index in [1.807, 2.05) is 33.8 Å². The van der Waals surface area contributed by atoms with Gasteiger partial charge in [0.1, 0.15) is 5.15 Å². The van der Waals surface area contributed by atoms with Gasteiger partial charge in [-0.3, -0.25) is 0 Å². The van der Waals surface area contributed by atoms with Crippen molar-refractivity contribution in [3.05, 3.63) is 23.0 Å². The van der Waals surface area contributed by atoms with Crippen LogP contribution in [-0.4, -0.2) is 23.3 Å². The van der Waals surface area contributed by atoms with Gasteiger partial charge in [0.05, 0.1) is 11.2 Å². The van der Waals surface area contributed by atoms with Crippen molar-refractivity contribution in [1.82, 2.24) is 4.98 Å². The molecule has 0 unspecified atom stereocenters. The first kappa shape index (κ1) is 14.3. The number of nitrogens with zero attached hydrogens (tertiary/aromatic N) is 1. The van der Waals surface area contributed by atoms with Crippen molar-refractivity contribution in [2.75, 3.05) is 0 Å². The Hall–Kier alpha value is -0.615. The number of hydrogen-bond acceptors (Lipinski definition) is 4. The zero-order valence-corrected chi connectivity index (χ0v) is 13.1. The van der Waals surface area contributed by atoms with E-state index in [0.717, 1.165) is 23.9 Å². The second-order valence-corrected chi connectivity index (χ2v) is 7.17. The summed E-state index contributed by atoms with van der Waals surface area (Å²) in [5, 5.41) is 0.456. The smallest absolute Gasteiger partial charge is 0.399 e. The standard InChI is InChI=1S/C14H20BClN2O2/c1-12(2)13(3,4)20-15(19-12)9-5-8-18-11(16)10(9)14(17)6-7-14/h5,8H,6-7,17H2,1-4H3. The van der Waals surface area contributed by atoms with E-state index < -0.39 is 7.12 Å². The Morgan fingerprint density at radius 1 is 1.20 bits per heavy atom. The van der Waals surface area contributed by atoms with Crippen molar-refractivity contribution in [2.24, 2.45) is 5.73 Å². The van der Waals surface area contributed by atoms with Gasteiger partial charge < -0.3 is 15.0 Å². The highest BCUT2D eigenvalue weighted by molar-refractivity contribution is 6.63. The van der Waals surface area contributed by atoms with Crippen LogP contribution in [-0.2, 0) is 14.8 Å². The second kappa shape index (κ2) is 4.20. The molecule has 0 radical (unpaired) electrons. The largest absolute Gasteiger partial charge is 0.495 e. The van der Waals surface area contributed by atoms with Crippen LogP contribution in [0.4, 0.5) is 0 Å². The first-order chi connectivity index (χ1) is 9.16. The molecule has 0 amide bonds. The van der Waals surface area contributed by atoms with Crippen molar-refractivity contribution < 1.29 is 9.31 Å². The number of pyridine rings is 1. The summed E-state index contributed by atoms with van der Waals surface area (Å²) < 4.78 is 12.2. The number of halogens is 1. The number of rotatable bonds is 2. The van der Waals surface area contributed by atoms with Crippen molar-refractivity contribution in [2.45, 2.75) is 57.3 Å². The van der Waals surface area contributed by atoms with E-state index in [4.69, 9.17) is 26.6 Å². The van der Waals surface area contributed by atoms with E-state index in [0.29, 0.717) is 5.15 Å². The van der Waals surface area contributed by atoms with Gasteiger partial charge in [-0.05, 0) is 52.1 Å². The van der Waals surface area contributed by atoms with Gasteiger partial charge in [0.15, 0.2) is 0 Å². The zero-order valence-electron chi connectivity index (χ0n) is 12.4. The molecule has 108 valence electrons. The summed E-state index contributed by atoms with van der Waals surface area (Å²) in [5.41, 5.74) is 6.99. The second-order valence-electron chi connectivity index (χ2n) is 6.81. The molecule has 0 atom stereocenters. The Morgan fingerprint density at radius 2 is 1.75 bits per heavy atom. The minimum Gasteiger partial charge on any atom is -0.399 e. The highest BCUT2D eigenvalue weighted by Crippen LogP contribution is 2.45. The molecule has 0 spiro atoms. The molecule has 2 fully saturated rings. The molecular formula is C14H20BClN2O2. The SMILES string of the molecule is CC1(C)OB(c2ccnc(Cl)c2C2(N)CC2)OC1(C)C. The fraction of sp³-hybridized carbons (Fsp3) is 0.643. The maximum absolute atomic E-state index is 6.34. The number of aromatic nitrogens is 1. The highest BCUT2D eigenvalue weighted by atomic mass is 35.5. The lowest BCUT2D eigenvalue weighted by atomic mass is 9.74. The molecule has 2 aliphatic rings. The lowest BCUT2D eigenvalue weighted by Gasteiger charge is -2.32. The first-order valence-corrected chi connectivity index (χ1v) is 7.33. The summed E-state index contributed by atoms with van der Waals surface area (Å²) in [6, 6.07) is 1.90. The molecule has 2 heterocycles. The summed E-state index contributed by atoms with van der Waals surface area (Å²) in [5.74, 6) is 0. The van der Waals surface area contributed by atoms with E-state index in [1.54, 1.807) is 6.20 Å². The molecule has 0 aromatic carbocycles. The van der Waals surface area contributed by atoms with Crippen LogP contribution in [0.2, 0.25) is 5.15 Å².